The lowest BCUT2D eigenvalue weighted by atomic mass is 10.1. The van der Waals surface area contributed by atoms with E-state index < -0.39 is 0 Å². The number of nitrogens with one attached hydrogen (secondary N) is 1. The van der Waals surface area contributed by atoms with E-state index in [0.717, 1.165) is 5.56 Å². The fourth-order valence-corrected chi connectivity index (χ4v) is 3.28. The van der Waals surface area contributed by atoms with E-state index in [0.29, 0.717) is 51.2 Å². The molecular weight excluding hydrogens is 412 g/mol. The third-order valence-electron chi connectivity index (χ3n) is 4.92. The Labute approximate surface area is 184 Å². The molecule has 0 saturated carbocycles. The van der Waals surface area contributed by atoms with Crippen molar-refractivity contribution in [1.29, 1.82) is 0 Å². The molecule has 32 heavy (non-hydrogen) atoms. The largest absolute Gasteiger partial charge is 0.493 e. The first-order chi connectivity index (χ1) is 15.6. The average molecular weight is 434 g/mol. The number of amides is 1. The number of benzene rings is 3. The molecule has 0 atom stereocenters. The fraction of sp³-hybridized carbons (Fsp3) is 0.167. The molecule has 1 heterocycles. The molecule has 0 aliphatic rings. The summed E-state index contributed by atoms with van der Waals surface area (Å²) in [6, 6.07) is 15.7. The second kappa shape index (κ2) is 8.89. The number of ether oxygens (including phenoxy) is 4. The Bertz CT molecular complexity index is 1280. The molecule has 8 nitrogen and oxygen atoms in total. The van der Waals surface area contributed by atoms with Crippen molar-refractivity contribution in [1.82, 2.24) is 4.98 Å². The lowest BCUT2D eigenvalue weighted by Gasteiger charge is -2.10. The van der Waals surface area contributed by atoms with Gasteiger partial charge in [0.05, 0.1) is 28.4 Å². The van der Waals surface area contributed by atoms with Gasteiger partial charge in [-0.3, -0.25) is 4.79 Å². The molecule has 0 unspecified atom stereocenters. The number of methoxy groups -OCH3 is 4. The third-order valence-corrected chi connectivity index (χ3v) is 4.92. The number of anilines is 1. The monoisotopic (exact) mass is 434 g/mol. The number of carbonyl (C=O) groups is 1. The lowest BCUT2D eigenvalue weighted by molar-refractivity contribution is 0.102. The minimum absolute atomic E-state index is 0.283. The normalized spacial score (nSPS) is 10.6. The molecule has 0 aliphatic carbocycles. The van der Waals surface area contributed by atoms with Crippen LogP contribution in [0.3, 0.4) is 0 Å². The van der Waals surface area contributed by atoms with Crippen molar-refractivity contribution >= 4 is 22.7 Å². The quantitative estimate of drug-likeness (QED) is 0.447. The van der Waals surface area contributed by atoms with E-state index in [1.807, 2.05) is 6.07 Å². The smallest absolute Gasteiger partial charge is 0.255 e. The van der Waals surface area contributed by atoms with Crippen molar-refractivity contribution in [3.05, 3.63) is 60.2 Å². The SMILES string of the molecule is COc1ccc(C(=O)Nc2ccc3oc(-c4ccc(OC)c(OC)c4)nc3c2)cc1OC. The van der Waals surface area contributed by atoms with Crippen molar-refractivity contribution in [3.63, 3.8) is 0 Å². The highest BCUT2D eigenvalue weighted by atomic mass is 16.5. The molecule has 1 aromatic heterocycles. The van der Waals surface area contributed by atoms with Gasteiger partial charge in [-0.1, -0.05) is 0 Å². The standard InChI is InChI=1S/C24H22N2O6/c1-28-19-8-5-14(11-21(19)30-3)23(27)25-16-7-10-18-17(13-16)26-24(32-18)15-6-9-20(29-2)22(12-15)31-4/h5-13H,1-4H3,(H,25,27). The molecule has 8 heteroatoms. The Morgan fingerprint density at radius 2 is 1.44 bits per heavy atom. The predicted octanol–water partition coefficient (Wildman–Crippen LogP) is 4.78. The zero-order chi connectivity index (χ0) is 22.7. The topological polar surface area (TPSA) is 92.1 Å². The molecule has 0 aliphatic heterocycles. The van der Waals surface area contributed by atoms with Gasteiger partial charge in [0.25, 0.3) is 5.91 Å². The summed E-state index contributed by atoms with van der Waals surface area (Å²) in [4.78, 5) is 17.3. The van der Waals surface area contributed by atoms with Crippen LogP contribution in [0.5, 0.6) is 23.0 Å². The summed E-state index contributed by atoms with van der Waals surface area (Å²) in [5.41, 5.74) is 2.98. The van der Waals surface area contributed by atoms with E-state index in [4.69, 9.17) is 23.4 Å². The van der Waals surface area contributed by atoms with Crippen LogP contribution in [0.25, 0.3) is 22.6 Å². The number of hydrogen-bond acceptors (Lipinski definition) is 7. The van der Waals surface area contributed by atoms with Crippen LogP contribution >= 0.6 is 0 Å². The lowest BCUT2D eigenvalue weighted by Crippen LogP contribution is -2.12. The Kier molecular flexibility index (Phi) is 5.85. The maximum Gasteiger partial charge on any atom is 0.255 e. The zero-order valence-electron chi connectivity index (χ0n) is 18.1. The summed E-state index contributed by atoms with van der Waals surface area (Å²) >= 11 is 0. The van der Waals surface area contributed by atoms with E-state index in [2.05, 4.69) is 10.3 Å². The third kappa shape index (κ3) is 4.02. The maximum absolute atomic E-state index is 12.7. The van der Waals surface area contributed by atoms with Gasteiger partial charge in [-0.05, 0) is 54.6 Å². The van der Waals surface area contributed by atoms with Crippen LogP contribution in [0, 0.1) is 0 Å². The first-order valence-electron chi connectivity index (χ1n) is 9.72. The highest BCUT2D eigenvalue weighted by Gasteiger charge is 2.14. The Morgan fingerprint density at radius 3 is 2.12 bits per heavy atom. The average Bonchev–Trinajstić information content (AvgIpc) is 3.26. The van der Waals surface area contributed by atoms with Crippen LogP contribution in [-0.2, 0) is 0 Å². The van der Waals surface area contributed by atoms with Gasteiger partial charge in [0, 0.05) is 16.8 Å². The molecule has 164 valence electrons. The van der Waals surface area contributed by atoms with Gasteiger partial charge in [-0.25, -0.2) is 4.98 Å². The first-order valence-corrected chi connectivity index (χ1v) is 9.72. The van der Waals surface area contributed by atoms with Crippen LogP contribution in [0.4, 0.5) is 5.69 Å². The number of fused-ring (bicyclic) bond motifs is 1. The van der Waals surface area contributed by atoms with Gasteiger partial charge < -0.3 is 28.7 Å². The molecule has 0 bridgehead atoms. The molecule has 1 N–H and O–H groups in total. The summed E-state index contributed by atoms with van der Waals surface area (Å²) in [6.07, 6.45) is 0. The van der Waals surface area contributed by atoms with E-state index in [1.165, 1.54) is 7.11 Å². The molecule has 3 aromatic carbocycles. The molecule has 0 spiro atoms. The van der Waals surface area contributed by atoms with Crippen molar-refractivity contribution < 1.29 is 28.2 Å². The minimum atomic E-state index is -0.283. The molecular formula is C24H22N2O6. The van der Waals surface area contributed by atoms with Gasteiger partial charge in [0.2, 0.25) is 5.89 Å². The van der Waals surface area contributed by atoms with Gasteiger partial charge in [0.1, 0.15) is 5.52 Å². The molecule has 1 amide bonds. The molecule has 0 radical (unpaired) electrons. The summed E-state index contributed by atoms with van der Waals surface area (Å²) in [7, 11) is 6.21. The number of hydrogen-bond donors (Lipinski definition) is 1. The zero-order valence-corrected chi connectivity index (χ0v) is 18.1. The van der Waals surface area contributed by atoms with Crippen LogP contribution in [0.15, 0.2) is 59.0 Å². The van der Waals surface area contributed by atoms with Crippen molar-refractivity contribution in [3.8, 4) is 34.5 Å². The summed E-state index contributed by atoms with van der Waals surface area (Å²) in [6.45, 7) is 0. The van der Waals surface area contributed by atoms with Gasteiger partial charge in [-0.2, -0.15) is 0 Å². The van der Waals surface area contributed by atoms with Crippen molar-refractivity contribution in [2.75, 3.05) is 33.8 Å². The predicted molar refractivity (Wildman–Crippen MR) is 120 cm³/mol. The molecule has 0 fully saturated rings. The molecule has 4 rings (SSSR count). The number of carbonyl (C=O) groups excluding carboxylic acids is 1. The first kappa shape index (κ1) is 21.0. The Hall–Kier alpha value is -4.20. The number of oxazole rings is 1. The van der Waals surface area contributed by atoms with Gasteiger partial charge >= 0.3 is 0 Å². The number of nitrogens with zero attached hydrogens (tertiary/aromatic N) is 1. The highest BCUT2D eigenvalue weighted by Crippen LogP contribution is 2.34. The van der Waals surface area contributed by atoms with Crippen molar-refractivity contribution in [2.24, 2.45) is 0 Å². The summed E-state index contributed by atoms with van der Waals surface area (Å²) in [5.74, 6) is 2.38. The van der Waals surface area contributed by atoms with E-state index >= 15 is 0 Å². The van der Waals surface area contributed by atoms with Crippen LogP contribution in [0.2, 0.25) is 0 Å². The van der Waals surface area contributed by atoms with E-state index in [1.54, 1.807) is 69.9 Å². The van der Waals surface area contributed by atoms with E-state index in [9.17, 15) is 4.79 Å². The minimum Gasteiger partial charge on any atom is -0.493 e. The van der Waals surface area contributed by atoms with Gasteiger partial charge in [0.15, 0.2) is 28.6 Å². The number of aromatic nitrogens is 1. The van der Waals surface area contributed by atoms with Crippen LogP contribution < -0.4 is 24.3 Å². The summed E-state index contributed by atoms with van der Waals surface area (Å²) < 4.78 is 27.0. The number of rotatable bonds is 7. The second-order valence-corrected chi connectivity index (χ2v) is 6.80. The molecule has 4 aromatic rings. The van der Waals surface area contributed by atoms with Gasteiger partial charge in [-0.15, -0.1) is 0 Å². The highest BCUT2D eigenvalue weighted by molar-refractivity contribution is 6.05. The Morgan fingerprint density at radius 1 is 0.781 bits per heavy atom. The van der Waals surface area contributed by atoms with E-state index in [-0.39, 0.29) is 5.91 Å². The summed E-state index contributed by atoms with van der Waals surface area (Å²) in [5, 5.41) is 2.87. The fourth-order valence-electron chi connectivity index (χ4n) is 3.28. The van der Waals surface area contributed by atoms with Crippen molar-refractivity contribution in [2.45, 2.75) is 0 Å². The Balaban J connectivity index is 1.59. The van der Waals surface area contributed by atoms with Crippen LogP contribution in [0.1, 0.15) is 10.4 Å². The second-order valence-electron chi connectivity index (χ2n) is 6.80. The molecule has 0 saturated heterocycles. The van der Waals surface area contributed by atoms with Crippen LogP contribution in [-0.4, -0.2) is 39.3 Å². The maximum atomic E-state index is 12.7.